The van der Waals surface area contributed by atoms with Crippen LogP contribution in [-0.4, -0.2) is 32.5 Å². The van der Waals surface area contributed by atoms with Gasteiger partial charge in [0.15, 0.2) is 11.0 Å². The number of thioether (sulfide) groups is 1. The Bertz CT molecular complexity index is 796. The lowest BCUT2D eigenvalue weighted by atomic mass is 10.2. The average Bonchev–Trinajstić information content (AvgIpc) is 3.28. The number of rotatable bonds is 8. The van der Waals surface area contributed by atoms with E-state index in [1.807, 2.05) is 11.5 Å². The smallest absolute Gasteiger partial charge is 0.230 e. The normalized spacial score (nSPS) is 14.5. The average molecular weight is 413 g/mol. The SMILES string of the molecule is CCn1c(COc2ccc(F)cc2Cl)nnc1SCC(=O)NC1CCCC1. The number of benzene rings is 1. The van der Waals surface area contributed by atoms with Crippen molar-refractivity contribution in [3.8, 4) is 5.75 Å². The first-order valence-electron chi connectivity index (χ1n) is 8.99. The zero-order valence-electron chi connectivity index (χ0n) is 15.1. The molecule has 1 fully saturated rings. The van der Waals surface area contributed by atoms with Gasteiger partial charge in [-0.1, -0.05) is 36.2 Å². The molecular formula is C18H22ClFN4O2S. The van der Waals surface area contributed by atoms with Gasteiger partial charge in [-0.3, -0.25) is 4.79 Å². The maximum atomic E-state index is 13.1. The molecule has 0 bridgehead atoms. The largest absolute Gasteiger partial charge is 0.484 e. The van der Waals surface area contributed by atoms with Crippen molar-refractivity contribution in [2.24, 2.45) is 0 Å². The molecule has 1 N–H and O–H groups in total. The number of hydrogen-bond donors (Lipinski definition) is 1. The number of nitrogens with one attached hydrogen (secondary N) is 1. The van der Waals surface area contributed by atoms with Crippen molar-refractivity contribution >= 4 is 29.3 Å². The third-order valence-electron chi connectivity index (χ3n) is 4.41. The Morgan fingerprint density at radius 3 is 2.89 bits per heavy atom. The fourth-order valence-corrected chi connectivity index (χ4v) is 4.11. The maximum absolute atomic E-state index is 13.1. The Labute approximate surface area is 166 Å². The second-order valence-electron chi connectivity index (χ2n) is 6.34. The van der Waals surface area contributed by atoms with E-state index in [-0.39, 0.29) is 17.5 Å². The molecule has 0 unspecified atom stereocenters. The third-order valence-corrected chi connectivity index (χ3v) is 5.68. The quantitative estimate of drug-likeness (QED) is 0.667. The lowest BCUT2D eigenvalue weighted by Crippen LogP contribution is -2.33. The number of nitrogens with zero attached hydrogens (tertiary/aromatic N) is 3. The molecule has 27 heavy (non-hydrogen) atoms. The Morgan fingerprint density at radius 1 is 1.41 bits per heavy atom. The van der Waals surface area contributed by atoms with Gasteiger partial charge in [-0.05, 0) is 38.0 Å². The number of aromatic nitrogens is 3. The summed E-state index contributed by atoms with van der Waals surface area (Å²) in [7, 11) is 0. The van der Waals surface area contributed by atoms with E-state index in [4.69, 9.17) is 16.3 Å². The van der Waals surface area contributed by atoms with Gasteiger partial charge in [0.25, 0.3) is 0 Å². The summed E-state index contributed by atoms with van der Waals surface area (Å²) in [6.45, 7) is 2.77. The van der Waals surface area contributed by atoms with Crippen molar-refractivity contribution < 1.29 is 13.9 Å². The molecule has 1 aliphatic carbocycles. The Hall–Kier alpha value is -1.80. The molecule has 0 aliphatic heterocycles. The summed E-state index contributed by atoms with van der Waals surface area (Å²) >= 11 is 7.33. The molecule has 3 rings (SSSR count). The van der Waals surface area contributed by atoms with Gasteiger partial charge in [-0.15, -0.1) is 10.2 Å². The Balaban J connectivity index is 1.56. The minimum atomic E-state index is -0.418. The van der Waals surface area contributed by atoms with Crippen molar-refractivity contribution in [3.63, 3.8) is 0 Å². The number of ether oxygens (including phenoxy) is 1. The fraction of sp³-hybridized carbons (Fsp3) is 0.500. The van der Waals surface area contributed by atoms with E-state index in [2.05, 4.69) is 15.5 Å². The lowest BCUT2D eigenvalue weighted by Gasteiger charge is -2.12. The number of carbonyl (C=O) groups is 1. The van der Waals surface area contributed by atoms with Crippen LogP contribution in [0.5, 0.6) is 5.75 Å². The summed E-state index contributed by atoms with van der Waals surface area (Å²) in [5.74, 6) is 0.914. The van der Waals surface area contributed by atoms with Gasteiger partial charge in [-0.2, -0.15) is 0 Å². The first-order chi connectivity index (χ1) is 13.1. The molecule has 1 amide bonds. The van der Waals surface area contributed by atoms with Crippen LogP contribution in [0.3, 0.4) is 0 Å². The molecule has 1 aromatic heterocycles. The van der Waals surface area contributed by atoms with Crippen LogP contribution in [-0.2, 0) is 17.9 Å². The first-order valence-corrected chi connectivity index (χ1v) is 10.3. The van der Waals surface area contributed by atoms with Gasteiger partial charge in [0.1, 0.15) is 18.2 Å². The Morgan fingerprint density at radius 2 is 2.19 bits per heavy atom. The molecule has 1 aliphatic rings. The third kappa shape index (κ3) is 5.35. The summed E-state index contributed by atoms with van der Waals surface area (Å²) in [5.41, 5.74) is 0. The van der Waals surface area contributed by atoms with E-state index in [0.29, 0.717) is 35.1 Å². The van der Waals surface area contributed by atoms with Crippen LogP contribution in [0.15, 0.2) is 23.4 Å². The van der Waals surface area contributed by atoms with Gasteiger partial charge in [-0.25, -0.2) is 4.39 Å². The van der Waals surface area contributed by atoms with Crippen molar-refractivity contribution in [1.82, 2.24) is 20.1 Å². The van der Waals surface area contributed by atoms with Gasteiger partial charge < -0.3 is 14.6 Å². The molecule has 0 spiro atoms. The minimum absolute atomic E-state index is 0.0217. The highest BCUT2D eigenvalue weighted by Crippen LogP contribution is 2.26. The topological polar surface area (TPSA) is 69.0 Å². The van der Waals surface area contributed by atoms with Crippen LogP contribution in [0.25, 0.3) is 0 Å². The monoisotopic (exact) mass is 412 g/mol. The molecule has 0 saturated heterocycles. The van der Waals surface area contributed by atoms with Crippen molar-refractivity contribution in [2.45, 2.75) is 57.0 Å². The molecular weight excluding hydrogens is 391 g/mol. The summed E-state index contributed by atoms with van der Waals surface area (Å²) in [5, 5.41) is 12.2. The van der Waals surface area contributed by atoms with E-state index in [1.54, 1.807) is 0 Å². The van der Waals surface area contributed by atoms with Gasteiger partial charge in [0.2, 0.25) is 5.91 Å². The molecule has 146 valence electrons. The highest BCUT2D eigenvalue weighted by atomic mass is 35.5. The van der Waals surface area contributed by atoms with Crippen LogP contribution in [0, 0.1) is 5.82 Å². The van der Waals surface area contributed by atoms with Gasteiger partial charge in [0.05, 0.1) is 10.8 Å². The maximum Gasteiger partial charge on any atom is 0.230 e. The van der Waals surface area contributed by atoms with E-state index in [0.717, 1.165) is 12.8 Å². The minimum Gasteiger partial charge on any atom is -0.484 e. The van der Waals surface area contributed by atoms with Crippen LogP contribution >= 0.6 is 23.4 Å². The zero-order valence-corrected chi connectivity index (χ0v) is 16.7. The molecule has 6 nitrogen and oxygen atoms in total. The second kappa shape index (κ2) is 9.41. The zero-order chi connectivity index (χ0) is 19.2. The van der Waals surface area contributed by atoms with Crippen LogP contribution < -0.4 is 10.1 Å². The van der Waals surface area contributed by atoms with E-state index < -0.39 is 5.82 Å². The molecule has 1 saturated carbocycles. The molecule has 9 heteroatoms. The van der Waals surface area contributed by atoms with Crippen molar-refractivity contribution in [3.05, 3.63) is 34.9 Å². The van der Waals surface area contributed by atoms with Gasteiger partial charge in [0, 0.05) is 12.6 Å². The predicted octanol–water partition coefficient (Wildman–Crippen LogP) is 3.82. The standard InChI is InChI=1S/C18H22ClFN4O2S/c1-2-24-16(10-26-15-8-7-12(20)9-14(15)19)22-23-18(24)27-11-17(25)21-13-5-3-4-6-13/h7-9,13H,2-6,10-11H2,1H3,(H,21,25). The number of carbonyl (C=O) groups excluding carboxylic acids is 1. The number of hydrogen-bond acceptors (Lipinski definition) is 5. The summed E-state index contributed by atoms with van der Waals surface area (Å²) in [4.78, 5) is 12.1. The number of amides is 1. The predicted molar refractivity (Wildman–Crippen MR) is 103 cm³/mol. The molecule has 0 atom stereocenters. The van der Waals surface area contributed by atoms with Crippen LogP contribution in [0.2, 0.25) is 5.02 Å². The molecule has 1 heterocycles. The molecule has 0 radical (unpaired) electrons. The number of halogens is 2. The van der Waals surface area contributed by atoms with Crippen molar-refractivity contribution in [1.29, 1.82) is 0 Å². The van der Waals surface area contributed by atoms with E-state index in [1.165, 1.54) is 42.8 Å². The summed E-state index contributed by atoms with van der Waals surface area (Å²) in [6, 6.07) is 4.28. The van der Waals surface area contributed by atoms with E-state index >= 15 is 0 Å². The van der Waals surface area contributed by atoms with E-state index in [9.17, 15) is 9.18 Å². The highest BCUT2D eigenvalue weighted by molar-refractivity contribution is 7.99. The molecule has 2 aromatic rings. The Kier molecular flexibility index (Phi) is 6.95. The van der Waals surface area contributed by atoms with Crippen LogP contribution in [0.4, 0.5) is 4.39 Å². The summed E-state index contributed by atoms with van der Waals surface area (Å²) in [6.07, 6.45) is 4.50. The molecule has 1 aromatic carbocycles. The second-order valence-corrected chi connectivity index (χ2v) is 7.69. The summed E-state index contributed by atoms with van der Waals surface area (Å²) < 4.78 is 20.6. The fourth-order valence-electron chi connectivity index (χ4n) is 3.05. The first kappa shape index (κ1) is 19.9. The lowest BCUT2D eigenvalue weighted by molar-refractivity contribution is -0.119. The van der Waals surface area contributed by atoms with Crippen molar-refractivity contribution in [2.75, 3.05) is 5.75 Å². The van der Waals surface area contributed by atoms with Crippen LogP contribution in [0.1, 0.15) is 38.4 Å². The highest BCUT2D eigenvalue weighted by Gasteiger charge is 2.18. The van der Waals surface area contributed by atoms with Gasteiger partial charge >= 0.3 is 0 Å².